The van der Waals surface area contributed by atoms with E-state index in [1.165, 1.54) is 18.2 Å². The molecule has 2 N–H and O–H groups in total. The van der Waals surface area contributed by atoms with Crippen LogP contribution in [0.1, 0.15) is 13.8 Å². The van der Waals surface area contributed by atoms with Gasteiger partial charge < -0.3 is 15.2 Å². The molecule has 1 aromatic carbocycles. The number of nitro benzene ring substituents is 1. The number of aliphatic hydroxyl groups excluding tert-OH is 1. The van der Waals surface area contributed by atoms with E-state index >= 15 is 0 Å². The van der Waals surface area contributed by atoms with Gasteiger partial charge in [0.15, 0.2) is 12.4 Å². The zero-order chi connectivity index (χ0) is 15.1. The smallest absolute Gasteiger partial charge is 0.310 e. The monoisotopic (exact) mass is 282 g/mol. The molecule has 0 radical (unpaired) electrons. The Kier molecular flexibility index (Phi) is 5.92. The average Bonchev–Trinajstić information content (AvgIpc) is 2.42. The fraction of sp³-hybridized carbons (Fsp3) is 0.462. The van der Waals surface area contributed by atoms with Crippen molar-refractivity contribution in [1.82, 2.24) is 5.32 Å². The number of aliphatic hydroxyl groups is 1. The largest absolute Gasteiger partial charge is 0.477 e. The van der Waals surface area contributed by atoms with E-state index in [0.29, 0.717) is 0 Å². The lowest BCUT2D eigenvalue weighted by Crippen LogP contribution is -2.43. The maximum absolute atomic E-state index is 11.7. The van der Waals surface area contributed by atoms with Crippen molar-refractivity contribution in [3.05, 3.63) is 34.4 Å². The van der Waals surface area contributed by atoms with E-state index in [2.05, 4.69) is 5.32 Å². The van der Waals surface area contributed by atoms with Crippen LogP contribution in [0, 0.1) is 16.0 Å². The first-order chi connectivity index (χ1) is 9.45. The van der Waals surface area contributed by atoms with Crippen molar-refractivity contribution in [2.45, 2.75) is 19.9 Å². The summed E-state index contributed by atoms with van der Waals surface area (Å²) in [4.78, 5) is 21.9. The Labute approximate surface area is 116 Å². The topological polar surface area (TPSA) is 102 Å². The number of carbonyl (C=O) groups excluding carboxylic acids is 1. The van der Waals surface area contributed by atoms with Gasteiger partial charge in [-0.1, -0.05) is 26.0 Å². The van der Waals surface area contributed by atoms with Gasteiger partial charge in [0.05, 0.1) is 17.6 Å². The van der Waals surface area contributed by atoms with Crippen LogP contribution in [0.5, 0.6) is 5.75 Å². The first-order valence-electron chi connectivity index (χ1n) is 6.22. The number of nitrogens with zero attached hydrogens (tertiary/aromatic N) is 1. The lowest BCUT2D eigenvalue weighted by atomic mass is 10.1. The van der Waals surface area contributed by atoms with E-state index in [1.54, 1.807) is 6.07 Å². The molecule has 20 heavy (non-hydrogen) atoms. The van der Waals surface area contributed by atoms with Gasteiger partial charge in [-0.2, -0.15) is 0 Å². The van der Waals surface area contributed by atoms with Crippen molar-refractivity contribution < 1.29 is 19.6 Å². The second-order valence-corrected chi connectivity index (χ2v) is 4.61. The third-order valence-corrected chi connectivity index (χ3v) is 2.77. The van der Waals surface area contributed by atoms with Crippen LogP contribution in [-0.2, 0) is 4.79 Å². The molecule has 0 aliphatic rings. The molecule has 0 aliphatic heterocycles. The summed E-state index contributed by atoms with van der Waals surface area (Å²) in [5.74, 6) is -0.316. The normalized spacial score (nSPS) is 12.0. The quantitative estimate of drug-likeness (QED) is 0.576. The van der Waals surface area contributed by atoms with Gasteiger partial charge in [-0.3, -0.25) is 14.9 Å². The molecule has 7 nitrogen and oxygen atoms in total. The van der Waals surface area contributed by atoms with Crippen LogP contribution in [0.3, 0.4) is 0 Å². The van der Waals surface area contributed by atoms with Gasteiger partial charge >= 0.3 is 5.69 Å². The number of rotatable bonds is 7. The number of hydrogen-bond acceptors (Lipinski definition) is 5. The van der Waals surface area contributed by atoms with Crippen LogP contribution in [0.25, 0.3) is 0 Å². The standard InChI is InChI=1S/C13H18N2O5/c1-9(2)10(7-16)14-13(17)8-20-12-6-4-3-5-11(12)15(18)19/h3-6,9-10,16H,7-8H2,1-2H3,(H,14,17). The van der Waals surface area contributed by atoms with Gasteiger partial charge in [-0.15, -0.1) is 0 Å². The molecule has 110 valence electrons. The number of amides is 1. The van der Waals surface area contributed by atoms with E-state index in [0.717, 1.165) is 0 Å². The molecule has 0 spiro atoms. The van der Waals surface area contributed by atoms with Crippen molar-refractivity contribution in [2.75, 3.05) is 13.2 Å². The number of ether oxygens (including phenoxy) is 1. The van der Waals surface area contributed by atoms with Crippen molar-refractivity contribution in [2.24, 2.45) is 5.92 Å². The van der Waals surface area contributed by atoms with Crippen LogP contribution in [-0.4, -0.2) is 35.2 Å². The molecular weight excluding hydrogens is 264 g/mol. The predicted octanol–water partition coefficient (Wildman–Crippen LogP) is 1.11. The predicted molar refractivity (Wildman–Crippen MR) is 72.4 cm³/mol. The number of carbonyl (C=O) groups is 1. The fourth-order valence-electron chi connectivity index (χ4n) is 1.54. The zero-order valence-corrected chi connectivity index (χ0v) is 11.4. The molecule has 1 rings (SSSR count). The summed E-state index contributed by atoms with van der Waals surface area (Å²) in [6.45, 7) is 3.22. The highest BCUT2D eigenvalue weighted by atomic mass is 16.6. The second-order valence-electron chi connectivity index (χ2n) is 4.61. The van der Waals surface area contributed by atoms with Gasteiger partial charge in [0.1, 0.15) is 0 Å². The molecule has 1 amide bonds. The van der Waals surface area contributed by atoms with Crippen LogP contribution in [0.4, 0.5) is 5.69 Å². The Balaban J connectivity index is 2.59. The SMILES string of the molecule is CC(C)C(CO)NC(=O)COc1ccccc1[N+](=O)[O-]. The first kappa shape index (κ1) is 15.9. The van der Waals surface area contributed by atoms with E-state index < -0.39 is 10.8 Å². The number of hydrogen-bond donors (Lipinski definition) is 2. The molecule has 0 aliphatic carbocycles. The Morgan fingerprint density at radius 3 is 2.65 bits per heavy atom. The Morgan fingerprint density at radius 2 is 2.10 bits per heavy atom. The van der Waals surface area contributed by atoms with Crippen LogP contribution in [0.15, 0.2) is 24.3 Å². The fourth-order valence-corrected chi connectivity index (χ4v) is 1.54. The number of nitro groups is 1. The van der Waals surface area contributed by atoms with Gasteiger partial charge in [0.25, 0.3) is 5.91 Å². The van der Waals surface area contributed by atoms with Crippen LogP contribution in [0.2, 0.25) is 0 Å². The average molecular weight is 282 g/mol. The molecule has 1 atom stereocenters. The summed E-state index contributed by atoms with van der Waals surface area (Å²) < 4.78 is 5.15. The van der Waals surface area contributed by atoms with Crippen molar-refractivity contribution in [3.8, 4) is 5.75 Å². The molecule has 0 fully saturated rings. The van der Waals surface area contributed by atoms with Gasteiger partial charge in [-0.25, -0.2) is 0 Å². The highest BCUT2D eigenvalue weighted by Gasteiger charge is 2.18. The summed E-state index contributed by atoms with van der Waals surface area (Å²) in [6.07, 6.45) is 0. The molecule has 1 aromatic rings. The second kappa shape index (κ2) is 7.44. The lowest BCUT2D eigenvalue weighted by Gasteiger charge is -2.19. The molecular formula is C13H18N2O5. The molecule has 0 bridgehead atoms. The van der Waals surface area contributed by atoms with Gasteiger partial charge in [-0.05, 0) is 12.0 Å². The van der Waals surface area contributed by atoms with E-state index in [4.69, 9.17) is 9.84 Å². The zero-order valence-electron chi connectivity index (χ0n) is 11.4. The summed E-state index contributed by atoms with van der Waals surface area (Å²) in [7, 11) is 0. The molecule has 7 heteroatoms. The minimum absolute atomic E-state index is 0.0396. The Bertz CT molecular complexity index is 476. The van der Waals surface area contributed by atoms with Gasteiger partial charge in [0, 0.05) is 6.07 Å². The summed E-state index contributed by atoms with van der Waals surface area (Å²) in [5.41, 5.74) is -0.192. The third kappa shape index (κ3) is 4.51. The Morgan fingerprint density at radius 1 is 1.45 bits per heavy atom. The van der Waals surface area contributed by atoms with Crippen molar-refractivity contribution >= 4 is 11.6 Å². The number of benzene rings is 1. The van der Waals surface area contributed by atoms with Crippen LogP contribution >= 0.6 is 0 Å². The Hall–Kier alpha value is -2.15. The number of nitrogens with one attached hydrogen (secondary N) is 1. The molecule has 0 aromatic heterocycles. The van der Waals surface area contributed by atoms with E-state index in [-0.39, 0.29) is 36.6 Å². The summed E-state index contributed by atoms with van der Waals surface area (Å²) in [6, 6.07) is 5.48. The maximum atomic E-state index is 11.7. The molecule has 0 saturated heterocycles. The van der Waals surface area contributed by atoms with E-state index in [1.807, 2.05) is 13.8 Å². The number of para-hydroxylation sites is 2. The summed E-state index contributed by atoms with van der Waals surface area (Å²) >= 11 is 0. The lowest BCUT2D eigenvalue weighted by molar-refractivity contribution is -0.385. The highest BCUT2D eigenvalue weighted by Crippen LogP contribution is 2.25. The minimum Gasteiger partial charge on any atom is -0.477 e. The highest BCUT2D eigenvalue weighted by molar-refractivity contribution is 5.78. The molecule has 1 unspecified atom stereocenters. The third-order valence-electron chi connectivity index (χ3n) is 2.77. The summed E-state index contributed by atoms with van der Waals surface area (Å²) in [5, 5.41) is 22.5. The van der Waals surface area contributed by atoms with E-state index in [9.17, 15) is 14.9 Å². The first-order valence-corrected chi connectivity index (χ1v) is 6.22. The van der Waals surface area contributed by atoms with Crippen LogP contribution < -0.4 is 10.1 Å². The van der Waals surface area contributed by atoms with Gasteiger partial charge in [0.2, 0.25) is 0 Å². The maximum Gasteiger partial charge on any atom is 0.310 e. The molecule has 0 heterocycles. The minimum atomic E-state index is -0.572. The molecule has 0 saturated carbocycles. The van der Waals surface area contributed by atoms with Crippen molar-refractivity contribution in [1.29, 1.82) is 0 Å². The van der Waals surface area contributed by atoms with Crippen molar-refractivity contribution in [3.63, 3.8) is 0 Å².